The molecule has 0 radical (unpaired) electrons. The van der Waals surface area contributed by atoms with Crippen LogP contribution >= 0.6 is 0 Å². The molecule has 0 fully saturated rings. The second-order valence-electron chi connectivity index (χ2n) is 8.89. The summed E-state index contributed by atoms with van der Waals surface area (Å²) in [7, 11) is -1.96. The lowest BCUT2D eigenvalue weighted by Crippen LogP contribution is -2.47. The minimum atomic E-state index is -1.96. The topological polar surface area (TPSA) is 47.6 Å². The highest BCUT2D eigenvalue weighted by atomic mass is 28.4. The first-order valence-electron chi connectivity index (χ1n) is 9.62. The van der Waals surface area contributed by atoms with Crippen molar-refractivity contribution in [3.8, 4) is 0 Å². The Morgan fingerprint density at radius 3 is 1.96 bits per heavy atom. The highest BCUT2D eigenvalue weighted by molar-refractivity contribution is 6.77. The number of para-hydroxylation sites is 1. The van der Waals surface area contributed by atoms with Gasteiger partial charge in [0.1, 0.15) is 5.60 Å². The van der Waals surface area contributed by atoms with E-state index in [2.05, 4.69) is 46.9 Å². The predicted octanol–water partition coefficient (Wildman–Crippen LogP) is 6.73. The van der Waals surface area contributed by atoms with E-state index in [-0.39, 0.29) is 0 Å². The van der Waals surface area contributed by atoms with E-state index in [1.165, 1.54) is 0 Å². The highest BCUT2D eigenvalue weighted by Gasteiger charge is 2.45. The summed E-state index contributed by atoms with van der Waals surface area (Å²) in [6, 6.07) is 7.79. The summed E-state index contributed by atoms with van der Waals surface area (Å²) >= 11 is 0. The van der Waals surface area contributed by atoms with Gasteiger partial charge in [0.25, 0.3) is 0 Å². The Morgan fingerprint density at radius 1 is 1.00 bits per heavy atom. The molecule has 148 valence electrons. The molecule has 0 aliphatic carbocycles. The highest BCUT2D eigenvalue weighted by Crippen LogP contribution is 2.43. The summed E-state index contributed by atoms with van der Waals surface area (Å²) in [6.45, 7) is 19.7. The van der Waals surface area contributed by atoms with Crippen LogP contribution in [0.15, 0.2) is 24.3 Å². The van der Waals surface area contributed by atoms with Crippen LogP contribution in [0.3, 0.4) is 0 Å². The maximum atomic E-state index is 12.1. The molecule has 1 aromatic carbocycles. The van der Waals surface area contributed by atoms with Gasteiger partial charge in [-0.05, 0) is 43.5 Å². The number of amides is 1. The SMILES string of the molecule is CC(C)[Si](OCc1ccccc1NC(=O)OC(C)(C)C)(C(C)C)C(C)C. The van der Waals surface area contributed by atoms with Crippen molar-refractivity contribution in [2.75, 3.05) is 5.32 Å². The molecule has 0 bridgehead atoms. The molecule has 1 rings (SSSR count). The molecule has 0 heterocycles. The van der Waals surface area contributed by atoms with Crippen LogP contribution in [0.2, 0.25) is 16.6 Å². The van der Waals surface area contributed by atoms with E-state index in [9.17, 15) is 4.79 Å². The molecule has 0 saturated heterocycles. The lowest BCUT2D eigenvalue weighted by molar-refractivity contribution is 0.0635. The molecular formula is C21H37NO3Si. The maximum Gasteiger partial charge on any atom is 0.412 e. The number of ether oxygens (including phenoxy) is 1. The molecule has 1 N–H and O–H groups in total. The molecule has 0 aliphatic rings. The van der Waals surface area contributed by atoms with Gasteiger partial charge >= 0.3 is 6.09 Å². The van der Waals surface area contributed by atoms with Gasteiger partial charge < -0.3 is 9.16 Å². The molecule has 1 amide bonds. The van der Waals surface area contributed by atoms with Crippen molar-refractivity contribution in [1.82, 2.24) is 0 Å². The zero-order valence-corrected chi connectivity index (χ0v) is 19.0. The van der Waals surface area contributed by atoms with E-state index in [1.807, 2.05) is 45.0 Å². The summed E-state index contributed by atoms with van der Waals surface area (Å²) in [5, 5.41) is 2.87. The van der Waals surface area contributed by atoms with E-state index in [4.69, 9.17) is 9.16 Å². The normalized spacial score (nSPS) is 12.8. The summed E-state index contributed by atoms with van der Waals surface area (Å²) < 4.78 is 12.0. The van der Waals surface area contributed by atoms with Gasteiger partial charge in [-0.15, -0.1) is 0 Å². The molecule has 1 aromatic rings. The first-order valence-corrected chi connectivity index (χ1v) is 11.8. The Balaban J connectivity index is 2.99. The van der Waals surface area contributed by atoms with Crippen LogP contribution < -0.4 is 5.32 Å². The smallest absolute Gasteiger partial charge is 0.412 e. The molecule has 0 aromatic heterocycles. The van der Waals surface area contributed by atoms with Gasteiger partial charge in [0.05, 0.1) is 6.61 Å². The van der Waals surface area contributed by atoms with Gasteiger partial charge in [0.15, 0.2) is 0 Å². The number of hydrogen-bond acceptors (Lipinski definition) is 3. The van der Waals surface area contributed by atoms with Crippen molar-refractivity contribution in [2.45, 2.75) is 91.1 Å². The van der Waals surface area contributed by atoms with Crippen molar-refractivity contribution in [2.24, 2.45) is 0 Å². The Hall–Kier alpha value is -1.33. The quantitative estimate of drug-likeness (QED) is 0.534. The zero-order valence-electron chi connectivity index (χ0n) is 18.0. The molecule has 0 atom stereocenters. The summed E-state index contributed by atoms with van der Waals surface area (Å²) in [4.78, 5) is 12.1. The largest absolute Gasteiger partial charge is 0.444 e. The first-order chi connectivity index (χ1) is 11.9. The molecule has 5 heteroatoms. The number of carbonyl (C=O) groups excluding carboxylic acids is 1. The molecule has 0 aliphatic heterocycles. The molecular weight excluding hydrogens is 342 g/mol. The Labute approximate surface area is 160 Å². The first kappa shape index (κ1) is 22.7. The van der Waals surface area contributed by atoms with Crippen LogP contribution in [0.1, 0.15) is 67.9 Å². The molecule has 0 saturated carbocycles. The molecule has 0 unspecified atom stereocenters. The third-order valence-corrected chi connectivity index (χ3v) is 10.9. The van der Waals surface area contributed by atoms with E-state index in [1.54, 1.807) is 0 Å². The number of anilines is 1. The number of hydrogen-bond donors (Lipinski definition) is 1. The molecule has 4 nitrogen and oxygen atoms in total. The van der Waals surface area contributed by atoms with Gasteiger partial charge in [-0.1, -0.05) is 59.7 Å². The summed E-state index contributed by atoms with van der Waals surface area (Å²) in [5.41, 5.74) is 2.78. The van der Waals surface area contributed by atoms with Crippen molar-refractivity contribution in [3.63, 3.8) is 0 Å². The van der Waals surface area contributed by atoms with Crippen molar-refractivity contribution < 1.29 is 14.0 Å². The second-order valence-corrected chi connectivity index (χ2v) is 14.4. The number of carbonyl (C=O) groups is 1. The average Bonchev–Trinajstić information content (AvgIpc) is 2.46. The van der Waals surface area contributed by atoms with Crippen LogP contribution in [0.4, 0.5) is 10.5 Å². The Bertz CT molecular complexity index is 569. The van der Waals surface area contributed by atoms with E-state index < -0.39 is 20.0 Å². The minimum Gasteiger partial charge on any atom is -0.444 e. The number of nitrogens with one attached hydrogen (secondary N) is 1. The van der Waals surface area contributed by atoms with Crippen LogP contribution in [0, 0.1) is 0 Å². The maximum absolute atomic E-state index is 12.1. The fraction of sp³-hybridized carbons (Fsp3) is 0.667. The van der Waals surface area contributed by atoms with Gasteiger partial charge in [0.2, 0.25) is 8.32 Å². The number of benzene rings is 1. The fourth-order valence-corrected chi connectivity index (χ4v) is 9.29. The Morgan fingerprint density at radius 2 is 1.50 bits per heavy atom. The van der Waals surface area contributed by atoms with E-state index in [0.717, 1.165) is 11.3 Å². The van der Waals surface area contributed by atoms with Gasteiger partial charge in [-0.25, -0.2) is 4.79 Å². The fourth-order valence-electron chi connectivity index (χ4n) is 3.88. The minimum absolute atomic E-state index is 0.440. The number of rotatable bonds is 7. The third kappa shape index (κ3) is 5.85. The summed E-state index contributed by atoms with van der Waals surface area (Å²) in [6.07, 6.45) is -0.440. The van der Waals surface area contributed by atoms with Gasteiger partial charge in [-0.3, -0.25) is 5.32 Å². The second kappa shape index (κ2) is 9.04. The lowest BCUT2D eigenvalue weighted by Gasteiger charge is -2.42. The molecule has 0 spiro atoms. The van der Waals surface area contributed by atoms with Crippen LogP contribution in [0.5, 0.6) is 0 Å². The Kier molecular flexibility index (Phi) is 7.90. The van der Waals surface area contributed by atoms with Crippen LogP contribution in [0.25, 0.3) is 0 Å². The third-order valence-electron chi connectivity index (χ3n) is 4.84. The van der Waals surface area contributed by atoms with Crippen LogP contribution in [-0.2, 0) is 15.8 Å². The van der Waals surface area contributed by atoms with Crippen molar-refractivity contribution in [3.05, 3.63) is 29.8 Å². The zero-order chi connectivity index (χ0) is 20.1. The van der Waals surface area contributed by atoms with Crippen LogP contribution in [-0.4, -0.2) is 20.0 Å². The lowest BCUT2D eigenvalue weighted by atomic mass is 10.2. The van der Waals surface area contributed by atoms with Crippen molar-refractivity contribution in [1.29, 1.82) is 0 Å². The average molecular weight is 380 g/mol. The summed E-state index contributed by atoms with van der Waals surface area (Å²) in [5.74, 6) is 0. The molecule has 26 heavy (non-hydrogen) atoms. The van der Waals surface area contributed by atoms with E-state index in [0.29, 0.717) is 23.2 Å². The van der Waals surface area contributed by atoms with Gasteiger partial charge in [0, 0.05) is 11.3 Å². The van der Waals surface area contributed by atoms with Gasteiger partial charge in [-0.2, -0.15) is 0 Å². The van der Waals surface area contributed by atoms with Crippen molar-refractivity contribution >= 4 is 20.1 Å². The standard InChI is InChI=1S/C21H37NO3Si/c1-15(2)26(16(3)4,17(5)6)24-14-18-12-10-11-13-19(18)22-20(23)25-21(7,8)9/h10-13,15-17H,14H2,1-9H3,(H,22,23). The monoisotopic (exact) mass is 379 g/mol. The predicted molar refractivity (Wildman–Crippen MR) is 112 cm³/mol. The van der Waals surface area contributed by atoms with E-state index >= 15 is 0 Å².